The normalized spacial score (nSPS) is 18.6. The van der Waals surface area contributed by atoms with E-state index in [0.717, 1.165) is 12.8 Å². The molecule has 3 aromatic carbocycles. The summed E-state index contributed by atoms with van der Waals surface area (Å²) in [5.41, 5.74) is 10.3. The van der Waals surface area contributed by atoms with E-state index in [4.69, 9.17) is 0 Å². The number of hydrogen-bond acceptors (Lipinski definition) is 0. The lowest BCUT2D eigenvalue weighted by molar-refractivity contribution is 0.414. The Morgan fingerprint density at radius 3 is 2.45 bits per heavy atom. The van der Waals surface area contributed by atoms with Crippen LogP contribution in [0.2, 0.25) is 0 Å². The first-order valence-corrected chi connectivity index (χ1v) is 12.9. The fourth-order valence-electron chi connectivity index (χ4n) is 5.94. The van der Waals surface area contributed by atoms with Crippen LogP contribution in [-0.4, -0.2) is 0 Å². The Kier molecular flexibility index (Phi) is 6.11. The lowest BCUT2D eigenvalue weighted by atomic mass is 9.68. The van der Waals surface area contributed by atoms with Gasteiger partial charge in [0.05, 0.1) is 0 Å². The van der Waals surface area contributed by atoms with Crippen LogP contribution >= 0.6 is 0 Å². The van der Waals surface area contributed by atoms with Crippen molar-refractivity contribution in [1.29, 1.82) is 0 Å². The van der Waals surface area contributed by atoms with Gasteiger partial charge in [-0.3, -0.25) is 0 Å². The second kappa shape index (κ2) is 9.18. The molecule has 0 saturated heterocycles. The van der Waals surface area contributed by atoms with E-state index in [9.17, 15) is 0 Å². The molecule has 0 bridgehead atoms. The molecule has 3 aromatic rings. The number of rotatable bonds is 6. The Balaban J connectivity index is 1.92. The zero-order valence-electron chi connectivity index (χ0n) is 20.4. The lowest BCUT2D eigenvalue weighted by Crippen LogP contribution is -2.18. The Bertz CT molecular complexity index is 1250. The van der Waals surface area contributed by atoms with Gasteiger partial charge in [0.1, 0.15) is 0 Å². The maximum absolute atomic E-state index is 4.39. The van der Waals surface area contributed by atoms with Gasteiger partial charge in [0, 0.05) is 5.92 Å². The number of allylic oxidation sites excluding steroid dienone is 3. The summed E-state index contributed by atoms with van der Waals surface area (Å²) in [4.78, 5) is 0. The largest absolute Gasteiger partial charge is 0.0984 e. The van der Waals surface area contributed by atoms with Crippen LogP contribution in [-0.2, 0) is 0 Å². The van der Waals surface area contributed by atoms with Crippen molar-refractivity contribution < 1.29 is 0 Å². The number of fused-ring (bicyclic) bond motifs is 2. The minimum absolute atomic E-state index is 0.417. The molecule has 0 aliphatic heterocycles. The fourth-order valence-corrected chi connectivity index (χ4v) is 5.94. The van der Waals surface area contributed by atoms with Gasteiger partial charge in [-0.05, 0) is 93.3 Å². The number of hydrogen-bond donors (Lipinski definition) is 0. The van der Waals surface area contributed by atoms with Crippen molar-refractivity contribution in [2.24, 2.45) is 0 Å². The molecule has 2 unspecified atom stereocenters. The van der Waals surface area contributed by atoms with E-state index in [1.807, 2.05) is 0 Å². The minimum Gasteiger partial charge on any atom is -0.0984 e. The molecule has 168 valence electrons. The molecule has 0 amide bonds. The van der Waals surface area contributed by atoms with E-state index in [-0.39, 0.29) is 0 Å². The highest BCUT2D eigenvalue weighted by Gasteiger charge is 2.33. The van der Waals surface area contributed by atoms with Gasteiger partial charge in [-0.2, -0.15) is 0 Å². The fraction of sp³-hybridized carbons (Fsp3) is 0.333. The molecule has 33 heavy (non-hydrogen) atoms. The monoisotopic (exact) mass is 432 g/mol. The third kappa shape index (κ3) is 3.70. The molecule has 1 fully saturated rings. The van der Waals surface area contributed by atoms with Gasteiger partial charge in [-0.15, -0.1) is 0 Å². The van der Waals surface area contributed by atoms with E-state index < -0.39 is 0 Å². The second-order valence-corrected chi connectivity index (χ2v) is 9.91. The topological polar surface area (TPSA) is 0 Å². The van der Waals surface area contributed by atoms with Gasteiger partial charge < -0.3 is 0 Å². The summed E-state index contributed by atoms with van der Waals surface area (Å²) in [6.07, 6.45) is 17.8. The van der Waals surface area contributed by atoms with Crippen LogP contribution in [0.3, 0.4) is 0 Å². The zero-order valence-corrected chi connectivity index (χ0v) is 20.4. The van der Waals surface area contributed by atoms with Crippen molar-refractivity contribution in [3.05, 3.63) is 95.1 Å². The Morgan fingerprint density at radius 1 is 1.00 bits per heavy atom. The molecule has 2 atom stereocenters. The summed E-state index contributed by atoms with van der Waals surface area (Å²) >= 11 is 0. The van der Waals surface area contributed by atoms with E-state index in [0.29, 0.717) is 17.8 Å². The van der Waals surface area contributed by atoms with Crippen LogP contribution in [0, 0.1) is 0 Å². The summed E-state index contributed by atoms with van der Waals surface area (Å²) in [6, 6.07) is 15.7. The van der Waals surface area contributed by atoms with Crippen molar-refractivity contribution in [2.75, 3.05) is 0 Å². The Labute approximate surface area is 199 Å². The van der Waals surface area contributed by atoms with Crippen molar-refractivity contribution in [2.45, 2.75) is 70.6 Å². The second-order valence-electron chi connectivity index (χ2n) is 9.91. The average Bonchev–Trinajstić information content (AvgIpc) is 3.04. The first-order chi connectivity index (χ1) is 16.2. The molecule has 2 aliphatic rings. The van der Waals surface area contributed by atoms with Gasteiger partial charge in [-0.1, -0.05) is 101 Å². The first-order valence-electron chi connectivity index (χ1n) is 12.9. The standard InChI is InChI=1S/C33H36/c1-5-22(4)30-28(7-3)33(27-20-19-24-14-8-9-15-26(24)21-27)31-23(6-2)13-10-11-18-29(31)32(30)25-16-12-17-25/h7-11,13-15,18-23,25H,3,5-6,12,16-17H2,1-2,4H3. The molecular weight excluding hydrogens is 396 g/mol. The molecule has 2 aliphatic carbocycles. The minimum atomic E-state index is 0.417. The summed E-state index contributed by atoms with van der Waals surface area (Å²) in [5.74, 6) is 1.62. The Hall–Kier alpha value is -2.86. The van der Waals surface area contributed by atoms with Crippen LogP contribution < -0.4 is 0 Å². The zero-order chi connectivity index (χ0) is 22.9. The Morgan fingerprint density at radius 2 is 1.79 bits per heavy atom. The van der Waals surface area contributed by atoms with Crippen molar-refractivity contribution in [1.82, 2.24) is 0 Å². The smallest absolute Gasteiger partial charge is 0.00308 e. The quantitative estimate of drug-likeness (QED) is 0.363. The van der Waals surface area contributed by atoms with Gasteiger partial charge >= 0.3 is 0 Å². The molecule has 0 spiro atoms. The molecule has 5 rings (SSSR count). The van der Waals surface area contributed by atoms with Crippen molar-refractivity contribution in [3.8, 4) is 11.1 Å². The van der Waals surface area contributed by atoms with Crippen LogP contribution in [0.15, 0.2) is 67.3 Å². The summed E-state index contributed by atoms with van der Waals surface area (Å²) in [6.45, 7) is 11.5. The van der Waals surface area contributed by atoms with Crippen LogP contribution in [0.1, 0.15) is 98.4 Å². The first kappa shape index (κ1) is 22.0. The van der Waals surface area contributed by atoms with E-state index in [2.05, 4.69) is 100 Å². The van der Waals surface area contributed by atoms with E-state index >= 15 is 0 Å². The molecule has 0 nitrogen and oxygen atoms in total. The summed E-state index contributed by atoms with van der Waals surface area (Å²) in [7, 11) is 0. The molecule has 0 aromatic heterocycles. The molecule has 0 heteroatoms. The third-order valence-electron chi connectivity index (χ3n) is 8.09. The predicted molar refractivity (Wildman–Crippen MR) is 146 cm³/mol. The summed E-state index contributed by atoms with van der Waals surface area (Å²) < 4.78 is 0. The van der Waals surface area contributed by atoms with Crippen LogP contribution in [0.25, 0.3) is 34.1 Å². The van der Waals surface area contributed by atoms with Crippen LogP contribution in [0.4, 0.5) is 0 Å². The molecule has 0 heterocycles. The van der Waals surface area contributed by atoms with Gasteiger partial charge in [-0.25, -0.2) is 0 Å². The van der Waals surface area contributed by atoms with Gasteiger partial charge in [0.15, 0.2) is 0 Å². The van der Waals surface area contributed by atoms with Crippen LogP contribution in [0.5, 0.6) is 0 Å². The molecular formula is C33H36. The maximum atomic E-state index is 4.39. The highest BCUT2D eigenvalue weighted by molar-refractivity contribution is 5.92. The van der Waals surface area contributed by atoms with Crippen molar-refractivity contribution >= 4 is 22.9 Å². The third-order valence-corrected chi connectivity index (χ3v) is 8.09. The molecule has 0 N–H and O–H groups in total. The number of benzene rings is 3. The van der Waals surface area contributed by atoms with E-state index in [1.165, 1.54) is 57.9 Å². The lowest BCUT2D eigenvalue weighted by Gasteiger charge is -2.36. The van der Waals surface area contributed by atoms with Gasteiger partial charge in [0.2, 0.25) is 0 Å². The highest BCUT2D eigenvalue weighted by Crippen LogP contribution is 2.51. The molecule has 0 radical (unpaired) electrons. The average molecular weight is 433 g/mol. The highest BCUT2D eigenvalue weighted by atomic mass is 14.4. The summed E-state index contributed by atoms with van der Waals surface area (Å²) in [5, 5.41) is 2.60. The van der Waals surface area contributed by atoms with Crippen molar-refractivity contribution in [3.63, 3.8) is 0 Å². The molecule has 1 saturated carbocycles. The predicted octanol–water partition coefficient (Wildman–Crippen LogP) is 10.0. The SMILES string of the molecule is C=Cc1c(-c2ccc3ccccc3c2)c2c(c(C3CCC3)c1C(C)CC)C=CC=CC2CC. The van der Waals surface area contributed by atoms with E-state index in [1.54, 1.807) is 11.1 Å². The van der Waals surface area contributed by atoms with Gasteiger partial charge in [0.25, 0.3) is 0 Å². The maximum Gasteiger partial charge on any atom is 0.00308 e.